The van der Waals surface area contributed by atoms with Gasteiger partial charge in [-0.05, 0) is 163 Å². The number of carboxylic acids is 1. The first-order chi connectivity index (χ1) is 44.0. The van der Waals surface area contributed by atoms with Crippen molar-refractivity contribution in [2.45, 2.75) is 134 Å². The number of benzene rings is 5. The van der Waals surface area contributed by atoms with Gasteiger partial charge >= 0.3 is 60.0 Å². The molecule has 3 aliphatic rings. The minimum Gasteiger partial charge on any atom is -0.870 e. The van der Waals surface area contributed by atoms with Crippen LogP contribution in [0.4, 0.5) is 39.5 Å². The number of carbonyl (C=O) groups is 2. The van der Waals surface area contributed by atoms with Crippen LogP contribution in [0.15, 0.2) is 141 Å². The number of hydrogen-bond acceptors (Lipinski definition) is 15. The van der Waals surface area contributed by atoms with Crippen molar-refractivity contribution in [3.63, 3.8) is 0 Å². The number of nitrogens with zero attached hydrogens (tertiary/aromatic N) is 5. The summed E-state index contributed by atoms with van der Waals surface area (Å²) in [6, 6.07) is 31.2. The van der Waals surface area contributed by atoms with Gasteiger partial charge < -0.3 is 43.1 Å². The molecule has 1 unspecified atom stereocenters. The Labute approximate surface area is 574 Å². The molecule has 3 aliphatic heterocycles. The Balaban J connectivity index is 0.000000224. The maximum atomic E-state index is 12.8. The molecule has 506 valence electrons. The van der Waals surface area contributed by atoms with E-state index >= 15 is 0 Å². The maximum absolute atomic E-state index is 12.8. The quantitative estimate of drug-likeness (QED) is 0.0438. The number of aliphatic carboxylic acids is 1. The molecule has 0 aliphatic carbocycles. The molecule has 27 heteroatoms. The first kappa shape index (κ1) is 77.0. The van der Waals surface area contributed by atoms with Crippen LogP contribution in [0.5, 0.6) is 11.5 Å². The van der Waals surface area contributed by atoms with E-state index in [1.165, 1.54) is 79.8 Å². The summed E-state index contributed by atoms with van der Waals surface area (Å²) in [7, 11) is 0. The number of carboxylic acid groups (broad SMARTS) is 1. The molecule has 1 saturated heterocycles. The molecule has 1 atom stereocenters. The number of halogens is 10. The Kier molecular flexibility index (Phi) is 27.4. The normalized spacial score (nSPS) is 15.2. The number of ether oxygens (including phenoxy) is 4. The molecule has 2 N–H and O–H groups in total. The SMILES string of the molecule is CC(C)(Oc1ccc2c(c1)CCN(Cc1cc(-c3ccc(C(F)(F)F)cc3)on1)CC2)C(=O)O.CC1CCCO1.CCOC(=O)C(C)(C)Oc1ccc2c(c1)CCN(Cc1cc(-c3ccc(C(F)(F)F)cc3)on1)CC2.FC(F)(F)c1ccc(-c2cc(CBr)no2)cc1.[Na+].[OH-]. The van der Waals surface area contributed by atoms with E-state index in [4.69, 9.17) is 32.5 Å². The Morgan fingerprint density at radius 1 is 0.547 bits per heavy atom. The Hall–Kier alpha value is -7.04. The fourth-order valence-corrected chi connectivity index (χ4v) is 10.4. The van der Waals surface area contributed by atoms with Crippen molar-refractivity contribution < 1.29 is 122 Å². The fraction of sp³-hybridized carbons (Fsp3) is 0.397. The Morgan fingerprint density at radius 2 is 0.905 bits per heavy atom. The molecule has 1 fully saturated rings. The van der Waals surface area contributed by atoms with Crippen LogP contribution in [0.1, 0.15) is 110 Å². The van der Waals surface area contributed by atoms with Crippen molar-refractivity contribution in [2.75, 3.05) is 39.4 Å². The first-order valence-electron chi connectivity index (χ1n) is 30.0. The number of carbonyl (C=O) groups excluding carboxylic acids is 1. The van der Waals surface area contributed by atoms with Gasteiger partial charge in [-0.15, -0.1) is 0 Å². The summed E-state index contributed by atoms with van der Waals surface area (Å²) in [5, 5.41) is 21.8. The van der Waals surface area contributed by atoms with E-state index in [9.17, 15) is 54.2 Å². The third kappa shape index (κ3) is 22.3. The molecule has 0 saturated carbocycles. The van der Waals surface area contributed by atoms with E-state index in [0.717, 1.165) is 106 Å². The van der Waals surface area contributed by atoms with Gasteiger partial charge in [0.15, 0.2) is 28.5 Å². The Bertz CT molecular complexity index is 3740. The molecule has 8 aromatic rings. The van der Waals surface area contributed by atoms with E-state index in [1.807, 2.05) is 30.3 Å². The monoisotopic (exact) mass is 1410 g/mol. The van der Waals surface area contributed by atoms with E-state index in [1.54, 1.807) is 45.0 Å². The zero-order valence-electron chi connectivity index (χ0n) is 53.4. The summed E-state index contributed by atoms with van der Waals surface area (Å²) < 4.78 is 151. The van der Waals surface area contributed by atoms with Gasteiger partial charge in [0.1, 0.15) is 11.5 Å². The summed E-state index contributed by atoms with van der Waals surface area (Å²) >= 11 is 3.21. The van der Waals surface area contributed by atoms with Crippen LogP contribution in [0.2, 0.25) is 0 Å². The summed E-state index contributed by atoms with van der Waals surface area (Å²) in [5.41, 5.74) is 3.97. The number of fused-ring (bicyclic) bond motifs is 2. The van der Waals surface area contributed by atoms with Crippen LogP contribution in [-0.4, -0.2) is 104 Å². The van der Waals surface area contributed by atoms with E-state index in [-0.39, 0.29) is 35.0 Å². The third-order valence-corrected chi connectivity index (χ3v) is 16.0. The van der Waals surface area contributed by atoms with Crippen molar-refractivity contribution in [3.8, 4) is 45.5 Å². The van der Waals surface area contributed by atoms with Crippen LogP contribution < -0.4 is 39.0 Å². The van der Waals surface area contributed by atoms with Gasteiger partial charge in [0.2, 0.25) is 0 Å². The second-order valence-corrected chi connectivity index (χ2v) is 24.0. The summed E-state index contributed by atoms with van der Waals surface area (Å²) in [4.78, 5) is 28.0. The van der Waals surface area contributed by atoms with Crippen molar-refractivity contribution in [1.82, 2.24) is 25.3 Å². The van der Waals surface area contributed by atoms with Gasteiger partial charge in [0.05, 0.1) is 46.5 Å². The van der Waals surface area contributed by atoms with Crippen molar-refractivity contribution >= 4 is 27.9 Å². The van der Waals surface area contributed by atoms with Crippen molar-refractivity contribution in [2.24, 2.45) is 0 Å². The second-order valence-electron chi connectivity index (χ2n) is 23.4. The summed E-state index contributed by atoms with van der Waals surface area (Å²) in [6.45, 7) is 15.9. The van der Waals surface area contributed by atoms with Gasteiger partial charge in [-0.25, -0.2) is 9.59 Å². The van der Waals surface area contributed by atoms with Crippen LogP contribution in [-0.2, 0) is 81.7 Å². The fourth-order valence-electron chi connectivity index (χ4n) is 10.1. The number of esters is 1. The molecule has 95 heavy (non-hydrogen) atoms. The van der Waals surface area contributed by atoms with E-state index < -0.39 is 58.4 Å². The number of aromatic nitrogens is 3. The molecule has 0 spiro atoms. The predicted octanol–water partition coefficient (Wildman–Crippen LogP) is 13.2. The molecule has 0 bridgehead atoms. The molecule has 0 amide bonds. The van der Waals surface area contributed by atoms with Gasteiger partial charge in [-0.2, -0.15) is 39.5 Å². The minimum atomic E-state index is -4.38. The molecule has 16 nitrogen and oxygen atoms in total. The maximum Gasteiger partial charge on any atom is 1.00 e. The predicted molar refractivity (Wildman–Crippen MR) is 332 cm³/mol. The van der Waals surface area contributed by atoms with Crippen molar-refractivity contribution in [1.29, 1.82) is 0 Å². The van der Waals surface area contributed by atoms with Crippen LogP contribution >= 0.6 is 15.9 Å². The number of rotatable bonds is 15. The standard InChI is InChI=1S/C27H29F3N2O4.C25H25F3N2O4.C11H7BrF3NO.C5H10O.Na.H2O/c1-4-34-25(33)26(2,3)35-23-10-7-18-11-13-32(14-12-20(18)15-23)17-22-16-24(36-31-22)19-5-8-21(9-6-19)27(28,29)30;1-24(2,23(31)32)33-21-8-5-16-9-11-30(12-10-18(16)13-21)15-20-14-22(34-29-20)17-3-6-19(7-4-17)25(26,27)28;12-6-9-5-10(17-16-9)7-1-3-8(4-2-7)11(13,14)15;1-5-3-2-4-6-5;;/h5-10,15-16H,4,11-14,17H2,1-3H3;3-8,13-14H,9-12,15H2,1-2H3,(H,31,32);1-5H,6H2;5H,2-4H2,1H3;;1H2/q;;;;+1;/p-1. The Morgan fingerprint density at radius 3 is 1.21 bits per heavy atom. The summed E-state index contributed by atoms with van der Waals surface area (Å²) in [5.74, 6) is 1.02. The zero-order valence-corrected chi connectivity index (χ0v) is 57.0. The topological polar surface area (TPSA) is 206 Å². The van der Waals surface area contributed by atoms with E-state index in [0.29, 0.717) is 88.0 Å². The summed E-state index contributed by atoms with van der Waals surface area (Å²) in [6.07, 6.45) is -6.76. The number of hydrogen-bond donors (Lipinski definition) is 1. The zero-order chi connectivity index (χ0) is 67.3. The molecule has 0 radical (unpaired) electrons. The van der Waals surface area contributed by atoms with Crippen molar-refractivity contribution in [3.05, 3.63) is 183 Å². The molecule has 6 heterocycles. The van der Waals surface area contributed by atoms with Crippen LogP contribution in [0, 0.1) is 0 Å². The van der Waals surface area contributed by atoms with Gasteiger partial charge in [-0.1, -0.05) is 79.9 Å². The molecule has 5 aromatic carbocycles. The van der Waals surface area contributed by atoms with Crippen LogP contribution in [0.25, 0.3) is 34.0 Å². The molecular formula is C68H72BrF9N5NaO11. The molecule has 3 aromatic heterocycles. The molecule has 11 rings (SSSR count). The smallest absolute Gasteiger partial charge is 0.870 e. The second kappa shape index (κ2) is 33.8. The molecular weight excluding hydrogens is 1340 g/mol. The van der Waals surface area contributed by atoms with Gasteiger partial charge in [0, 0.05) is 86.1 Å². The first-order valence-corrected chi connectivity index (χ1v) is 31.1. The van der Waals surface area contributed by atoms with Gasteiger partial charge in [0.25, 0.3) is 0 Å². The average Bonchev–Trinajstić information content (AvgIpc) is 1.85. The van der Waals surface area contributed by atoms with Crippen LogP contribution in [0.3, 0.4) is 0 Å². The van der Waals surface area contributed by atoms with Gasteiger partial charge in [-0.3, -0.25) is 9.80 Å². The third-order valence-electron chi connectivity index (χ3n) is 15.4. The average molecular weight is 1410 g/mol. The largest absolute Gasteiger partial charge is 1.00 e. The minimum absolute atomic E-state index is 0. The van der Waals surface area contributed by atoms with E-state index in [2.05, 4.69) is 48.1 Å². The number of alkyl halides is 10.